The van der Waals surface area contributed by atoms with E-state index in [1.54, 1.807) is 13.2 Å². The van der Waals surface area contributed by atoms with Gasteiger partial charge >= 0.3 is 0 Å². The van der Waals surface area contributed by atoms with Crippen molar-refractivity contribution in [1.82, 2.24) is 30.2 Å². The van der Waals surface area contributed by atoms with Gasteiger partial charge in [-0.1, -0.05) is 36.7 Å². The summed E-state index contributed by atoms with van der Waals surface area (Å²) >= 11 is 6.07. The fraction of sp³-hybridized carbons (Fsp3) is 0.400. The maximum atomic E-state index is 13.3. The summed E-state index contributed by atoms with van der Waals surface area (Å²) < 4.78 is 1.50. The lowest BCUT2D eigenvalue weighted by molar-refractivity contribution is 0.0546. The predicted molar refractivity (Wildman–Crippen MR) is 110 cm³/mol. The van der Waals surface area contributed by atoms with E-state index in [2.05, 4.69) is 27.5 Å². The highest BCUT2D eigenvalue weighted by atomic mass is 35.5. The topological polar surface area (TPSA) is 95.9 Å². The van der Waals surface area contributed by atoms with Gasteiger partial charge in [0.25, 0.3) is 11.8 Å². The molecule has 3 heterocycles. The number of hydrogen-bond acceptors (Lipinski definition) is 4. The number of fused-ring (bicyclic) bond motifs is 1. The van der Waals surface area contributed by atoms with E-state index in [9.17, 15) is 9.59 Å². The van der Waals surface area contributed by atoms with Crippen LogP contribution in [0.15, 0.2) is 30.5 Å². The molecule has 1 fully saturated rings. The van der Waals surface area contributed by atoms with Crippen molar-refractivity contribution in [2.24, 2.45) is 13.0 Å². The zero-order chi connectivity index (χ0) is 20.5. The average Bonchev–Trinajstić information content (AvgIpc) is 3.28. The van der Waals surface area contributed by atoms with Crippen LogP contribution in [0.2, 0.25) is 5.02 Å². The zero-order valence-corrected chi connectivity index (χ0v) is 17.1. The number of aryl methyl sites for hydroxylation is 1. The minimum atomic E-state index is -0.341. The molecule has 0 aliphatic carbocycles. The number of aromatic amines is 1. The first-order valence-corrected chi connectivity index (χ1v) is 10.0. The predicted octanol–water partition coefficient (Wildman–Crippen LogP) is 2.62. The monoisotopic (exact) mass is 414 g/mol. The average molecular weight is 415 g/mol. The number of hydrogen-bond donors (Lipinski definition) is 2. The fourth-order valence-electron chi connectivity index (χ4n) is 3.88. The number of likely N-dealkylation sites (tertiary alicyclic amines) is 1. The van der Waals surface area contributed by atoms with Gasteiger partial charge in [0.05, 0.1) is 10.5 Å². The van der Waals surface area contributed by atoms with E-state index < -0.39 is 0 Å². The van der Waals surface area contributed by atoms with Gasteiger partial charge in [0, 0.05) is 37.8 Å². The number of aromatic nitrogens is 4. The minimum Gasteiger partial charge on any atom is -0.349 e. The first-order chi connectivity index (χ1) is 13.9. The normalized spacial score (nSPS) is 19.5. The largest absolute Gasteiger partial charge is 0.349 e. The maximum absolute atomic E-state index is 13.3. The Morgan fingerprint density at radius 3 is 2.86 bits per heavy atom. The van der Waals surface area contributed by atoms with Crippen molar-refractivity contribution in [3.63, 3.8) is 0 Å². The van der Waals surface area contributed by atoms with Crippen molar-refractivity contribution >= 4 is 34.3 Å². The van der Waals surface area contributed by atoms with Gasteiger partial charge in [-0.25, -0.2) is 0 Å². The molecule has 2 aromatic heterocycles. The lowest BCUT2D eigenvalue weighted by atomic mass is 9.92. The summed E-state index contributed by atoms with van der Waals surface area (Å²) in [5.41, 5.74) is 1.43. The van der Waals surface area contributed by atoms with Gasteiger partial charge in [-0.05, 0) is 24.8 Å². The molecule has 0 spiro atoms. The number of carbonyl (C=O) groups is 2. The van der Waals surface area contributed by atoms with Crippen LogP contribution in [-0.2, 0) is 7.05 Å². The van der Waals surface area contributed by atoms with Crippen molar-refractivity contribution in [2.45, 2.75) is 25.8 Å². The van der Waals surface area contributed by atoms with E-state index in [1.807, 2.05) is 29.2 Å². The summed E-state index contributed by atoms with van der Waals surface area (Å²) in [7, 11) is 1.71. The number of nitrogens with one attached hydrogen (secondary N) is 2. The molecule has 2 atom stereocenters. The third-order valence-corrected chi connectivity index (χ3v) is 5.69. The Morgan fingerprint density at radius 1 is 1.31 bits per heavy atom. The van der Waals surface area contributed by atoms with Crippen LogP contribution in [0.3, 0.4) is 0 Å². The molecule has 4 rings (SSSR count). The molecule has 2 N–H and O–H groups in total. The summed E-state index contributed by atoms with van der Waals surface area (Å²) in [4.78, 5) is 27.6. The van der Waals surface area contributed by atoms with Gasteiger partial charge in [-0.2, -0.15) is 10.2 Å². The van der Waals surface area contributed by atoms with Crippen molar-refractivity contribution in [3.8, 4) is 0 Å². The Morgan fingerprint density at radius 2 is 2.10 bits per heavy atom. The van der Waals surface area contributed by atoms with E-state index in [0.29, 0.717) is 29.7 Å². The van der Waals surface area contributed by atoms with Crippen LogP contribution in [0.25, 0.3) is 10.9 Å². The number of para-hydroxylation sites is 1. The van der Waals surface area contributed by atoms with Crippen molar-refractivity contribution in [2.75, 3.05) is 13.1 Å². The molecule has 1 aromatic carbocycles. The van der Waals surface area contributed by atoms with Crippen molar-refractivity contribution in [1.29, 1.82) is 0 Å². The lowest BCUT2D eigenvalue weighted by Crippen LogP contribution is -2.51. The molecule has 9 heteroatoms. The number of amides is 2. The second-order valence-electron chi connectivity index (χ2n) is 7.61. The highest BCUT2D eigenvalue weighted by Gasteiger charge is 2.32. The molecule has 29 heavy (non-hydrogen) atoms. The molecule has 1 saturated heterocycles. The van der Waals surface area contributed by atoms with Gasteiger partial charge < -0.3 is 10.2 Å². The van der Waals surface area contributed by atoms with Crippen LogP contribution in [0.4, 0.5) is 0 Å². The SMILES string of the molecule is C[C@@H]1CCN(C(=O)c2n[nH]c3ccccc23)[C@H](CNC(=O)c2nn(C)cc2Cl)C1. The van der Waals surface area contributed by atoms with E-state index >= 15 is 0 Å². The number of halogens is 1. The fourth-order valence-corrected chi connectivity index (χ4v) is 4.15. The Hall–Kier alpha value is -2.87. The summed E-state index contributed by atoms with van der Waals surface area (Å²) in [5.74, 6) is 0.00577. The van der Waals surface area contributed by atoms with Crippen LogP contribution in [0, 0.1) is 5.92 Å². The zero-order valence-electron chi connectivity index (χ0n) is 16.4. The quantitative estimate of drug-likeness (QED) is 0.685. The van der Waals surface area contributed by atoms with Gasteiger partial charge in [-0.15, -0.1) is 0 Å². The van der Waals surface area contributed by atoms with E-state index in [0.717, 1.165) is 23.7 Å². The number of nitrogens with zero attached hydrogens (tertiary/aromatic N) is 4. The number of carbonyl (C=O) groups excluding carboxylic acids is 2. The molecule has 0 radical (unpaired) electrons. The highest BCUT2D eigenvalue weighted by molar-refractivity contribution is 6.33. The molecule has 2 amide bonds. The smallest absolute Gasteiger partial charge is 0.275 e. The molecule has 1 aliphatic heterocycles. The maximum Gasteiger partial charge on any atom is 0.275 e. The Kier molecular flexibility index (Phi) is 5.27. The third kappa shape index (κ3) is 3.85. The number of H-pyrrole nitrogens is 1. The Bertz CT molecular complexity index is 1060. The van der Waals surface area contributed by atoms with Crippen LogP contribution in [0.1, 0.15) is 40.7 Å². The first-order valence-electron chi connectivity index (χ1n) is 9.65. The summed E-state index contributed by atoms with van der Waals surface area (Å²) in [6, 6.07) is 7.46. The molecule has 152 valence electrons. The van der Waals surface area contributed by atoms with E-state index in [-0.39, 0.29) is 23.6 Å². The van der Waals surface area contributed by atoms with E-state index in [4.69, 9.17) is 11.6 Å². The number of piperidine rings is 1. The highest BCUT2D eigenvalue weighted by Crippen LogP contribution is 2.26. The summed E-state index contributed by atoms with van der Waals surface area (Å²) in [6.07, 6.45) is 3.31. The first kappa shape index (κ1) is 19.4. The van der Waals surface area contributed by atoms with E-state index in [1.165, 1.54) is 4.68 Å². The summed E-state index contributed by atoms with van der Waals surface area (Å²) in [6.45, 7) is 3.13. The van der Waals surface area contributed by atoms with Gasteiger partial charge in [0.2, 0.25) is 0 Å². The van der Waals surface area contributed by atoms with Crippen molar-refractivity contribution in [3.05, 3.63) is 46.9 Å². The molecule has 0 unspecified atom stereocenters. The van der Waals surface area contributed by atoms with Crippen LogP contribution in [0.5, 0.6) is 0 Å². The Labute approximate surface area is 173 Å². The van der Waals surface area contributed by atoms with Crippen LogP contribution in [-0.4, -0.2) is 55.8 Å². The molecule has 1 aliphatic rings. The summed E-state index contributed by atoms with van der Waals surface area (Å²) in [5, 5.41) is 15.3. The molecular weight excluding hydrogens is 392 g/mol. The van der Waals surface area contributed by atoms with Gasteiger partial charge in [0.1, 0.15) is 0 Å². The number of benzene rings is 1. The van der Waals surface area contributed by atoms with Crippen LogP contribution < -0.4 is 5.32 Å². The second-order valence-corrected chi connectivity index (χ2v) is 8.02. The standard InChI is InChI=1S/C20H23ClN6O2/c1-12-7-8-27(20(29)17-14-5-3-4-6-16(14)23-24-17)13(9-12)10-22-19(28)18-15(21)11-26(2)25-18/h3-6,11-13H,7-10H2,1-2H3,(H,22,28)(H,23,24)/t12-,13+/m1/s1. The van der Waals surface area contributed by atoms with Crippen molar-refractivity contribution < 1.29 is 9.59 Å². The van der Waals surface area contributed by atoms with Gasteiger partial charge in [-0.3, -0.25) is 19.4 Å². The third-order valence-electron chi connectivity index (χ3n) is 5.41. The van der Waals surface area contributed by atoms with Gasteiger partial charge in [0.15, 0.2) is 11.4 Å². The molecular formula is C20H23ClN6O2. The second kappa shape index (κ2) is 7.87. The molecule has 0 saturated carbocycles. The minimum absolute atomic E-state index is 0.117. The molecule has 0 bridgehead atoms. The van der Waals surface area contributed by atoms with Crippen LogP contribution >= 0.6 is 11.6 Å². The molecule has 8 nitrogen and oxygen atoms in total. The lowest BCUT2D eigenvalue weighted by Gasteiger charge is -2.38. The Balaban J connectivity index is 1.51. The molecule has 3 aromatic rings. The number of rotatable bonds is 4.